The van der Waals surface area contributed by atoms with Crippen LogP contribution in [-0.4, -0.2) is 57.2 Å². The molecule has 10 nitrogen and oxygen atoms in total. The van der Waals surface area contributed by atoms with Crippen molar-refractivity contribution in [3.8, 4) is 5.75 Å². The van der Waals surface area contributed by atoms with Gasteiger partial charge in [-0.2, -0.15) is 13.2 Å². The Balaban J connectivity index is -0.000000645. The standard InChI is InChI=1S/3C12H16O.3C11H16.C10H14O3S.C10H14O2S.C6H12N2.3C6H14/c3*1-4-12(13)11-7-5-10(6-8-11)9(2)3;3*1-4-10-5-7-11(8-6-10)9(2)3;1-8(2)9-4-6-10(7-5-9)13-14(3,11)12;1-8(2)9-4-6-10(7-5-9)13(3,11)12;1-5(2)4-6(3)8-7;3*1-4-5-6(2)3/h3*5-9H,4H2,1-3H3;3*5-9H,4H2,1-3H3;4-8H,1-3H3;4-8H,1-3H3;5H,4H2,1-3H3;3*6H,4-5H2,1-3H3. The van der Waals surface area contributed by atoms with E-state index in [1.54, 1.807) is 24.3 Å². The van der Waals surface area contributed by atoms with Gasteiger partial charge in [-0.3, -0.25) is 14.4 Å². The molecule has 0 saturated carbocycles. The largest absolute Gasteiger partial charge is 0.383 e. The fourth-order valence-corrected chi connectivity index (χ4v) is 12.8. The Morgan fingerprint density at radius 1 is 0.296 bits per heavy atom. The average molecular weight is 1760 g/mol. The van der Waals surface area contributed by atoms with Gasteiger partial charge < -0.3 is 9.71 Å². The Hall–Kier alpha value is -8.15. The van der Waals surface area contributed by atoms with Gasteiger partial charge >= 0.3 is 10.1 Å². The lowest BCUT2D eigenvalue weighted by Gasteiger charge is -2.06. The van der Waals surface area contributed by atoms with Crippen molar-refractivity contribution in [1.82, 2.24) is 0 Å². The van der Waals surface area contributed by atoms with Crippen molar-refractivity contribution >= 4 is 43.0 Å². The highest BCUT2D eigenvalue weighted by atomic mass is 32.2. The lowest BCUT2D eigenvalue weighted by atomic mass is 10.00. The summed E-state index contributed by atoms with van der Waals surface area (Å²) in [4.78, 5) is 37.3. The minimum absolute atomic E-state index is 0.218. The molecular weight excluding hydrogens is 1580 g/mol. The van der Waals surface area contributed by atoms with Crippen molar-refractivity contribution in [2.45, 2.75) is 371 Å². The number of aryl methyl sites for hydroxylation is 3. The number of rotatable bonds is 28. The summed E-state index contributed by atoms with van der Waals surface area (Å²) in [6, 6.07) is 64.5. The average Bonchev–Trinajstić information content (AvgIpc) is 0.832. The molecule has 0 aliphatic carbocycles. The van der Waals surface area contributed by atoms with E-state index in [-0.39, 0.29) is 17.3 Å². The summed E-state index contributed by atoms with van der Waals surface area (Å²) in [5, 5.41) is 0. The van der Waals surface area contributed by atoms with Crippen LogP contribution in [0.1, 0.15) is 439 Å². The first kappa shape index (κ1) is 123. The fraction of sp³-hybridized carbons (Fsp3) is 0.540. The van der Waals surface area contributed by atoms with Crippen LogP contribution in [0.2, 0.25) is 0 Å². The number of hydrogen-bond donors (Lipinski definition) is 0. The summed E-state index contributed by atoms with van der Waals surface area (Å²) in [7, 11) is -6.46. The predicted molar refractivity (Wildman–Crippen MR) is 548 cm³/mol. The van der Waals surface area contributed by atoms with Crippen molar-refractivity contribution in [1.29, 1.82) is 0 Å². The SMILES string of the molecule is CC(C)c1ccc(OS(C)(=O)=O)cc1.CC(C)c1ccc(S(C)(=O)=O)cc1.CC(CC(C)C)=[N+]=[N-].CCC(=O)c1ccc(C(C)C)cc1.CCC(=O)c1ccc(C(C)C)cc1.CCC(=O)c1ccc(C(C)C)cc1.CCCC(C)C.CCCC(C)C.CCCC(C)C.CCc1ccc(C(C)C)cc1.CCc1ccc(C(C)C)cc1.CCc1ccc(C(C)C)cc1. The van der Waals surface area contributed by atoms with E-state index in [2.05, 4.69) is 285 Å². The quantitative estimate of drug-likeness (QED) is 0.0154. The first-order valence-corrected chi connectivity index (χ1v) is 50.8. The van der Waals surface area contributed by atoms with E-state index in [1.807, 2.05) is 125 Å². The lowest BCUT2D eigenvalue weighted by molar-refractivity contribution is -0.00985. The molecule has 12 heteroatoms. The van der Waals surface area contributed by atoms with E-state index in [1.165, 1.54) is 94.9 Å². The van der Waals surface area contributed by atoms with Crippen LogP contribution in [0.5, 0.6) is 5.75 Å². The van der Waals surface area contributed by atoms with Crippen LogP contribution in [-0.2, 0) is 39.2 Å². The molecule has 0 amide bonds. The first-order valence-electron chi connectivity index (χ1n) is 47.1. The van der Waals surface area contributed by atoms with Crippen molar-refractivity contribution in [3.05, 3.63) is 278 Å². The lowest BCUT2D eigenvalue weighted by Crippen LogP contribution is -2.05. The highest BCUT2D eigenvalue weighted by Gasteiger charge is 2.11. The van der Waals surface area contributed by atoms with Crippen LogP contribution in [0.25, 0.3) is 5.53 Å². The molecule has 0 aromatic heterocycles. The molecule has 125 heavy (non-hydrogen) atoms. The van der Waals surface area contributed by atoms with Crippen LogP contribution >= 0.6 is 0 Å². The van der Waals surface area contributed by atoms with Gasteiger partial charge in [-0.1, -0.05) is 437 Å². The van der Waals surface area contributed by atoms with Crippen LogP contribution in [0.3, 0.4) is 0 Å². The molecule has 0 aliphatic heterocycles. The number of ketones is 3. The third kappa shape index (κ3) is 63.4. The monoisotopic (exact) mass is 1760 g/mol. The molecule has 8 aromatic carbocycles. The maximum absolute atomic E-state index is 11.3. The highest BCUT2D eigenvalue weighted by molar-refractivity contribution is 7.90. The van der Waals surface area contributed by atoms with Gasteiger partial charge in [0.25, 0.3) is 5.71 Å². The second kappa shape index (κ2) is 70.9. The summed E-state index contributed by atoms with van der Waals surface area (Å²) >= 11 is 0. The molecule has 0 radical (unpaired) electrons. The van der Waals surface area contributed by atoms with Gasteiger partial charge in [0, 0.05) is 55.6 Å². The van der Waals surface area contributed by atoms with E-state index in [4.69, 9.17) is 9.71 Å². The number of nitrogens with zero attached hydrogens (tertiary/aromatic N) is 2. The number of benzene rings is 8. The molecule has 0 N–H and O–H groups in total. The van der Waals surface area contributed by atoms with Gasteiger partial charge in [0.05, 0.1) is 11.2 Å². The van der Waals surface area contributed by atoms with E-state index >= 15 is 0 Å². The molecule has 0 bridgehead atoms. The molecule has 0 spiro atoms. The summed E-state index contributed by atoms with van der Waals surface area (Å²) in [6.07, 6.45) is 16.4. The molecular formula is C113H178N2O8S2. The Morgan fingerprint density at radius 2 is 0.488 bits per heavy atom. The van der Waals surface area contributed by atoms with Gasteiger partial charge in [-0.05, 0) is 176 Å². The van der Waals surface area contributed by atoms with Crippen LogP contribution in [0.15, 0.2) is 199 Å². The minimum Gasteiger partial charge on any atom is -0.383 e. The van der Waals surface area contributed by atoms with E-state index in [0.717, 1.165) is 83.2 Å². The molecule has 8 rings (SSSR count). The minimum atomic E-state index is -3.41. The summed E-state index contributed by atoms with van der Waals surface area (Å²) < 4.78 is 48.5. The smallest absolute Gasteiger partial charge is 0.306 e. The van der Waals surface area contributed by atoms with Gasteiger partial charge in [0.2, 0.25) is 0 Å². The Labute approximate surface area is 768 Å². The fourth-order valence-electron chi connectivity index (χ4n) is 11.7. The first-order chi connectivity index (χ1) is 58.4. The van der Waals surface area contributed by atoms with Gasteiger partial charge in [0.1, 0.15) is 5.75 Å². The third-order valence-electron chi connectivity index (χ3n) is 20.1. The molecule has 0 unspecified atom stereocenters. The zero-order chi connectivity index (χ0) is 96.7. The second-order valence-electron chi connectivity index (χ2n) is 36.4. The molecule has 8 aromatic rings. The number of carbonyl (C=O) groups is 3. The van der Waals surface area contributed by atoms with Gasteiger partial charge in [0.15, 0.2) is 27.2 Å². The van der Waals surface area contributed by atoms with E-state index in [0.29, 0.717) is 83.2 Å². The number of sulfone groups is 1. The zero-order valence-corrected chi connectivity index (χ0v) is 87.2. The molecule has 0 fully saturated rings. The van der Waals surface area contributed by atoms with Crippen molar-refractivity contribution in [2.75, 3.05) is 12.5 Å². The maximum Gasteiger partial charge on any atom is 0.306 e. The van der Waals surface area contributed by atoms with Crippen LogP contribution in [0.4, 0.5) is 0 Å². The Bertz CT molecular complexity index is 4020. The molecule has 700 valence electrons. The number of hydrogen-bond acceptors (Lipinski definition) is 8. The third-order valence-corrected chi connectivity index (χ3v) is 21.7. The summed E-state index contributed by atoms with van der Waals surface area (Å²) in [5.41, 5.74) is 26.2. The van der Waals surface area contributed by atoms with E-state index < -0.39 is 20.0 Å². The molecule has 0 heterocycles. The number of carbonyl (C=O) groups excluding carboxylic acids is 3. The summed E-state index contributed by atoms with van der Waals surface area (Å²) in [6.45, 7) is 73.0. The predicted octanol–water partition coefficient (Wildman–Crippen LogP) is 33.7. The van der Waals surface area contributed by atoms with E-state index in [9.17, 15) is 31.2 Å². The maximum atomic E-state index is 11.3. The van der Waals surface area contributed by atoms with Gasteiger partial charge in [-0.25, -0.2) is 8.42 Å². The zero-order valence-electron chi connectivity index (χ0n) is 85.6. The highest BCUT2D eigenvalue weighted by Crippen LogP contribution is 2.24. The molecule has 0 atom stereocenters. The topological polar surface area (TPSA) is 165 Å². The van der Waals surface area contributed by atoms with Crippen LogP contribution in [0, 0.1) is 23.7 Å². The summed E-state index contributed by atoms with van der Waals surface area (Å²) in [5.74, 6) is 8.73. The van der Waals surface area contributed by atoms with Crippen molar-refractivity contribution < 1.29 is 40.2 Å². The molecule has 0 saturated heterocycles. The van der Waals surface area contributed by atoms with Crippen LogP contribution < -0.4 is 4.18 Å². The number of Topliss-reactive ketones (excluding diaryl/α,β-unsaturated/α-hetero) is 3. The van der Waals surface area contributed by atoms with Crippen molar-refractivity contribution in [2.24, 2.45) is 23.7 Å². The van der Waals surface area contributed by atoms with Gasteiger partial charge in [-0.15, -0.1) is 0 Å². The Kier molecular flexibility index (Phi) is 69.8. The van der Waals surface area contributed by atoms with Crippen molar-refractivity contribution in [3.63, 3.8) is 0 Å². The normalized spacial score (nSPS) is 10.6. The second-order valence-corrected chi connectivity index (χ2v) is 40.0. The Morgan fingerprint density at radius 3 is 0.616 bits per heavy atom. The molecule has 0 aliphatic rings.